The van der Waals surface area contributed by atoms with Gasteiger partial charge in [0, 0.05) is 35.2 Å². The second-order valence-corrected chi connectivity index (χ2v) is 10.3. The Hall–Kier alpha value is -3.48. The van der Waals surface area contributed by atoms with E-state index in [0.29, 0.717) is 13.0 Å². The molecule has 1 unspecified atom stereocenters. The molecule has 4 aliphatic rings. The standard InChI is InChI=1S/C25H29FN4O7/c1-28-11-4-5-29-17-14(11)16(26)9-6-8-7-10-18(30(2)3)21(33)15(24(27)36)23(35)25(10,37)22(34)12(8)19(31)13(9)20(17)32/h8,10-11,18,28-29,32-34,37H,4-7H2,1-3H3,(H2,27,36)/t8-,10-,11?,18-,25-/m0/s1. The van der Waals surface area contributed by atoms with E-state index >= 15 is 4.39 Å². The first-order valence-corrected chi connectivity index (χ1v) is 12.0. The van der Waals surface area contributed by atoms with Crippen LogP contribution in [0.4, 0.5) is 10.1 Å². The molecule has 0 bridgehead atoms. The number of ketones is 2. The molecule has 1 amide bonds. The van der Waals surface area contributed by atoms with Crippen molar-refractivity contribution in [3.05, 3.63) is 45.2 Å². The van der Waals surface area contributed by atoms with Crippen molar-refractivity contribution in [2.24, 2.45) is 17.6 Å². The number of aliphatic hydroxyl groups excluding tert-OH is 2. The molecule has 0 aromatic heterocycles. The van der Waals surface area contributed by atoms with Gasteiger partial charge in [-0.1, -0.05) is 0 Å². The number of benzene rings is 1. The Morgan fingerprint density at radius 3 is 2.51 bits per heavy atom. The number of likely N-dealkylation sites (N-methyl/N-ethyl adjacent to an activating group) is 1. The zero-order valence-electron chi connectivity index (χ0n) is 20.6. The van der Waals surface area contributed by atoms with Gasteiger partial charge in [-0.2, -0.15) is 0 Å². The summed E-state index contributed by atoms with van der Waals surface area (Å²) in [6.45, 7) is 0.419. The Bertz CT molecular complexity index is 1340. The molecule has 0 fully saturated rings. The maximum atomic E-state index is 15.9. The topological polar surface area (TPSA) is 185 Å². The van der Waals surface area contributed by atoms with Gasteiger partial charge in [0.2, 0.25) is 5.78 Å². The fourth-order valence-corrected chi connectivity index (χ4v) is 6.64. The summed E-state index contributed by atoms with van der Waals surface area (Å²) >= 11 is 0. The largest absolute Gasteiger partial charge is 0.510 e. The molecule has 0 saturated carbocycles. The van der Waals surface area contributed by atoms with Gasteiger partial charge in [0.1, 0.15) is 22.9 Å². The third-order valence-electron chi connectivity index (χ3n) is 8.29. The van der Waals surface area contributed by atoms with Crippen LogP contribution >= 0.6 is 0 Å². The Labute approximate surface area is 211 Å². The number of phenols is 1. The average molecular weight is 517 g/mol. The molecule has 1 aliphatic heterocycles. The molecule has 5 rings (SSSR count). The molecular weight excluding hydrogens is 487 g/mol. The summed E-state index contributed by atoms with van der Waals surface area (Å²) in [6, 6.07) is -1.50. The maximum absolute atomic E-state index is 15.9. The van der Waals surface area contributed by atoms with E-state index in [9.17, 15) is 34.8 Å². The highest BCUT2D eigenvalue weighted by Crippen LogP contribution is 2.54. The number of halogens is 1. The molecular formula is C25H29FN4O7. The minimum Gasteiger partial charge on any atom is -0.510 e. The Morgan fingerprint density at radius 2 is 1.92 bits per heavy atom. The Balaban J connectivity index is 1.74. The highest BCUT2D eigenvalue weighted by Gasteiger charge is 2.63. The first-order chi connectivity index (χ1) is 17.4. The number of nitrogens with zero attached hydrogens (tertiary/aromatic N) is 1. The lowest BCUT2D eigenvalue weighted by Gasteiger charge is -2.50. The monoisotopic (exact) mass is 516 g/mol. The van der Waals surface area contributed by atoms with Crippen molar-refractivity contribution < 1.29 is 39.2 Å². The molecule has 198 valence electrons. The zero-order valence-corrected chi connectivity index (χ0v) is 20.6. The maximum Gasteiger partial charge on any atom is 0.255 e. The van der Waals surface area contributed by atoms with Crippen LogP contribution in [0, 0.1) is 17.7 Å². The highest BCUT2D eigenvalue weighted by molar-refractivity contribution is 6.24. The van der Waals surface area contributed by atoms with Crippen molar-refractivity contribution in [2.45, 2.75) is 36.9 Å². The number of aromatic hydroxyl groups is 1. The fraction of sp³-hybridized carbons (Fsp3) is 0.480. The lowest BCUT2D eigenvalue weighted by atomic mass is 9.58. The van der Waals surface area contributed by atoms with Crippen LogP contribution in [0.25, 0.3) is 0 Å². The first-order valence-electron chi connectivity index (χ1n) is 12.0. The van der Waals surface area contributed by atoms with Crippen LogP contribution in [0.3, 0.4) is 0 Å². The van der Waals surface area contributed by atoms with Crippen LogP contribution < -0.4 is 16.4 Å². The van der Waals surface area contributed by atoms with Gasteiger partial charge < -0.3 is 36.8 Å². The predicted octanol–water partition coefficient (Wildman–Crippen LogP) is 0.336. The zero-order chi connectivity index (χ0) is 27.1. The molecule has 0 saturated heterocycles. The second-order valence-electron chi connectivity index (χ2n) is 10.3. The van der Waals surface area contributed by atoms with Gasteiger partial charge in [-0.05, 0) is 46.3 Å². The summed E-state index contributed by atoms with van der Waals surface area (Å²) < 4.78 is 15.9. The van der Waals surface area contributed by atoms with E-state index in [-0.39, 0.29) is 40.8 Å². The van der Waals surface area contributed by atoms with E-state index in [0.717, 1.165) is 0 Å². The number of amides is 1. The van der Waals surface area contributed by atoms with Gasteiger partial charge in [-0.15, -0.1) is 0 Å². The van der Waals surface area contributed by atoms with Crippen molar-refractivity contribution in [1.82, 2.24) is 10.2 Å². The summed E-state index contributed by atoms with van der Waals surface area (Å²) in [5.41, 5.74) is 1.32. The van der Waals surface area contributed by atoms with Gasteiger partial charge in [0.25, 0.3) is 5.91 Å². The summed E-state index contributed by atoms with van der Waals surface area (Å²) in [5, 5.41) is 50.7. The number of hydrogen-bond donors (Lipinski definition) is 7. The number of carbonyl (C=O) groups excluding carboxylic acids is 3. The Kier molecular flexibility index (Phi) is 5.63. The number of nitrogens with one attached hydrogen (secondary N) is 2. The molecule has 1 aromatic carbocycles. The first kappa shape index (κ1) is 25.2. The molecule has 0 spiro atoms. The van der Waals surface area contributed by atoms with Crippen molar-refractivity contribution in [2.75, 3.05) is 33.0 Å². The number of aliphatic hydroxyl groups is 3. The van der Waals surface area contributed by atoms with Gasteiger partial charge in [-0.25, -0.2) is 4.39 Å². The molecule has 1 heterocycles. The van der Waals surface area contributed by atoms with E-state index in [1.165, 1.54) is 4.90 Å². The number of rotatable bonds is 3. The minimum absolute atomic E-state index is 0.0154. The number of Topliss-reactive ketones (excluding diaryl/α,β-unsaturated/α-hetero) is 2. The summed E-state index contributed by atoms with van der Waals surface area (Å²) in [5.74, 6) is -8.28. The molecule has 8 N–H and O–H groups in total. The van der Waals surface area contributed by atoms with E-state index in [1.807, 2.05) is 0 Å². The molecule has 11 nitrogen and oxygen atoms in total. The molecule has 3 aliphatic carbocycles. The molecule has 37 heavy (non-hydrogen) atoms. The number of primary amides is 1. The number of fused-ring (bicyclic) bond motifs is 4. The van der Waals surface area contributed by atoms with E-state index < -0.39 is 75.7 Å². The van der Waals surface area contributed by atoms with Crippen molar-refractivity contribution >= 4 is 23.2 Å². The van der Waals surface area contributed by atoms with Gasteiger partial charge in [0.15, 0.2) is 17.1 Å². The quantitative estimate of drug-likeness (QED) is 0.218. The van der Waals surface area contributed by atoms with Crippen LogP contribution in [0.1, 0.15) is 40.4 Å². The SMILES string of the molecule is CNC1CCNc2c(O)c3c(c(F)c21)C[C@H]1C[C@H]2[C@H](N(C)C)C(O)=C(C(N)=O)C(=O)[C@@]2(O)C(O)=C1C3=O. The third kappa shape index (κ3) is 3.12. The van der Waals surface area contributed by atoms with Crippen LogP contribution in [-0.4, -0.2) is 82.1 Å². The lowest BCUT2D eigenvalue weighted by molar-refractivity contribution is -0.148. The summed E-state index contributed by atoms with van der Waals surface area (Å²) in [4.78, 5) is 40.5. The van der Waals surface area contributed by atoms with E-state index in [4.69, 9.17) is 5.73 Å². The number of allylic oxidation sites excluding steroid dienone is 1. The number of carbonyl (C=O) groups is 3. The van der Waals surface area contributed by atoms with Gasteiger partial charge in [-0.3, -0.25) is 19.3 Å². The summed E-state index contributed by atoms with van der Waals surface area (Å²) in [6.07, 6.45) is 0.353. The van der Waals surface area contributed by atoms with Crippen molar-refractivity contribution in [3.63, 3.8) is 0 Å². The Morgan fingerprint density at radius 1 is 1.24 bits per heavy atom. The average Bonchev–Trinajstić information content (AvgIpc) is 2.83. The minimum atomic E-state index is -2.73. The predicted molar refractivity (Wildman–Crippen MR) is 129 cm³/mol. The second kappa shape index (κ2) is 8.27. The number of nitrogens with two attached hydrogens (primary N) is 1. The molecule has 5 atom stereocenters. The van der Waals surface area contributed by atoms with Crippen LogP contribution in [0.15, 0.2) is 22.7 Å². The highest BCUT2D eigenvalue weighted by atomic mass is 19.1. The summed E-state index contributed by atoms with van der Waals surface area (Å²) in [7, 11) is 4.76. The van der Waals surface area contributed by atoms with Crippen molar-refractivity contribution in [1.29, 1.82) is 0 Å². The number of phenolic OH excluding ortho intramolecular Hbond substituents is 1. The van der Waals surface area contributed by atoms with Gasteiger partial charge in [0.05, 0.1) is 17.3 Å². The molecule has 12 heteroatoms. The lowest BCUT2D eigenvalue weighted by Crippen LogP contribution is -2.63. The third-order valence-corrected chi connectivity index (χ3v) is 8.29. The normalized spacial score (nSPS) is 31.0. The van der Waals surface area contributed by atoms with Crippen molar-refractivity contribution in [3.8, 4) is 5.75 Å². The fourth-order valence-electron chi connectivity index (χ4n) is 6.64. The van der Waals surface area contributed by atoms with Crippen LogP contribution in [0.5, 0.6) is 5.75 Å². The number of anilines is 1. The van der Waals surface area contributed by atoms with E-state index in [1.54, 1.807) is 21.1 Å². The van der Waals surface area contributed by atoms with Crippen LogP contribution in [-0.2, 0) is 16.0 Å². The van der Waals surface area contributed by atoms with Gasteiger partial charge >= 0.3 is 0 Å². The molecule has 1 aromatic rings. The molecule has 0 radical (unpaired) electrons. The van der Waals surface area contributed by atoms with E-state index in [2.05, 4.69) is 10.6 Å². The number of hydrogen-bond acceptors (Lipinski definition) is 10. The van der Waals surface area contributed by atoms with Crippen LogP contribution in [0.2, 0.25) is 0 Å². The smallest absolute Gasteiger partial charge is 0.255 e.